The van der Waals surface area contributed by atoms with Gasteiger partial charge in [-0.25, -0.2) is 0 Å². The number of hydrogen-bond acceptors (Lipinski definition) is 4. The van der Waals surface area contributed by atoms with Gasteiger partial charge in [-0.15, -0.1) is 0 Å². The van der Waals surface area contributed by atoms with E-state index in [1.807, 2.05) is 24.3 Å². The molecule has 0 amide bonds. The first-order chi connectivity index (χ1) is 9.26. The highest BCUT2D eigenvalue weighted by molar-refractivity contribution is 5.46. The molecule has 0 saturated carbocycles. The van der Waals surface area contributed by atoms with Gasteiger partial charge in [0.1, 0.15) is 5.75 Å². The van der Waals surface area contributed by atoms with E-state index in [1.54, 1.807) is 0 Å². The maximum atomic E-state index is 9.22. The molecule has 19 heavy (non-hydrogen) atoms. The van der Waals surface area contributed by atoms with Gasteiger partial charge < -0.3 is 20.3 Å². The number of rotatable bonds is 10. The highest BCUT2D eigenvalue weighted by atomic mass is 16.5. The van der Waals surface area contributed by atoms with Crippen molar-refractivity contribution in [2.24, 2.45) is 0 Å². The lowest BCUT2D eigenvalue weighted by molar-refractivity contribution is 0.105. The summed E-state index contributed by atoms with van der Waals surface area (Å²) in [5.74, 6) is 0.866. The van der Waals surface area contributed by atoms with Crippen LogP contribution in [0.3, 0.4) is 0 Å². The standard InChI is InChI=1S/C15H25NO3/c1-2-3-4-5-10-19-15-8-6-13(7-9-15)16-11-14(18)12-17/h6-9,14,16-18H,2-5,10-12H2,1H3. The van der Waals surface area contributed by atoms with Crippen LogP contribution < -0.4 is 10.1 Å². The minimum absolute atomic E-state index is 0.230. The van der Waals surface area contributed by atoms with Gasteiger partial charge >= 0.3 is 0 Å². The van der Waals surface area contributed by atoms with Crippen molar-refractivity contribution in [1.82, 2.24) is 0 Å². The largest absolute Gasteiger partial charge is 0.494 e. The monoisotopic (exact) mass is 267 g/mol. The van der Waals surface area contributed by atoms with E-state index >= 15 is 0 Å². The first-order valence-electron chi connectivity index (χ1n) is 7.02. The molecule has 0 radical (unpaired) electrons. The second kappa shape index (κ2) is 9.64. The van der Waals surface area contributed by atoms with Crippen LogP contribution in [0.25, 0.3) is 0 Å². The van der Waals surface area contributed by atoms with E-state index in [-0.39, 0.29) is 6.61 Å². The van der Waals surface area contributed by atoms with Gasteiger partial charge in [0.15, 0.2) is 0 Å². The Morgan fingerprint density at radius 2 is 1.89 bits per heavy atom. The summed E-state index contributed by atoms with van der Waals surface area (Å²) < 4.78 is 5.64. The first-order valence-corrected chi connectivity index (χ1v) is 7.02. The minimum atomic E-state index is -0.727. The lowest BCUT2D eigenvalue weighted by Crippen LogP contribution is -2.22. The van der Waals surface area contributed by atoms with Crippen LogP contribution in [0.1, 0.15) is 32.6 Å². The Bertz CT molecular complexity index is 327. The van der Waals surface area contributed by atoms with E-state index in [4.69, 9.17) is 9.84 Å². The third kappa shape index (κ3) is 7.03. The molecule has 0 saturated heterocycles. The maximum Gasteiger partial charge on any atom is 0.119 e. The molecule has 4 nitrogen and oxygen atoms in total. The summed E-state index contributed by atoms with van der Waals surface area (Å²) in [4.78, 5) is 0. The van der Waals surface area contributed by atoms with Gasteiger partial charge in [-0.2, -0.15) is 0 Å². The summed E-state index contributed by atoms with van der Waals surface area (Å²) in [7, 11) is 0. The maximum absolute atomic E-state index is 9.22. The van der Waals surface area contributed by atoms with Gasteiger partial charge in [0.05, 0.1) is 19.3 Å². The van der Waals surface area contributed by atoms with E-state index in [0.29, 0.717) is 6.54 Å². The van der Waals surface area contributed by atoms with Gasteiger partial charge in [-0.05, 0) is 30.7 Å². The second-order valence-corrected chi connectivity index (χ2v) is 4.65. The summed E-state index contributed by atoms with van der Waals surface area (Å²) in [6, 6.07) is 7.64. The molecule has 4 heteroatoms. The molecule has 0 aromatic heterocycles. The van der Waals surface area contributed by atoms with Crippen molar-refractivity contribution < 1.29 is 14.9 Å². The number of anilines is 1. The molecule has 0 heterocycles. The smallest absolute Gasteiger partial charge is 0.119 e. The number of hydrogen-bond donors (Lipinski definition) is 3. The van der Waals surface area contributed by atoms with Crippen LogP contribution in [0.15, 0.2) is 24.3 Å². The van der Waals surface area contributed by atoms with Crippen molar-refractivity contribution in [1.29, 1.82) is 0 Å². The molecule has 1 unspecified atom stereocenters. The van der Waals surface area contributed by atoms with Gasteiger partial charge in [0.25, 0.3) is 0 Å². The summed E-state index contributed by atoms with van der Waals surface area (Å²) in [6.07, 6.45) is 4.08. The number of nitrogens with one attached hydrogen (secondary N) is 1. The Morgan fingerprint density at radius 1 is 1.16 bits per heavy atom. The highest BCUT2D eigenvalue weighted by Crippen LogP contribution is 2.16. The molecule has 0 aliphatic rings. The third-order valence-electron chi connectivity index (χ3n) is 2.87. The predicted octanol–water partition coefficient (Wildman–Crippen LogP) is 2.41. The van der Waals surface area contributed by atoms with Crippen molar-refractivity contribution in [3.05, 3.63) is 24.3 Å². The number of unbranched alkanes of at least 4 members (excludes halogenated alkanes) is 3. The summed E-state index contributed by atoms with van der Waals surface area (Å²) in [5, 5.41) is 21.0. The molecular formula is C15H25NO3. The predicted molar refractivity (Wildman–Crippen MR) is 77.7 cm³/mol. The van der Waals surface area contributed by atoms with Crippen LogP contribution in [0, 0.1) is 0 Å². The SMILES string of the molecule is CCCCCCOc1ccc(NCC(O)CO)cc1. The molecule has 1 atom stereocenters. The van der Waals surface area contributed by atoms with Crippen molar-refractivity contribution in [3.63, 3.8) is 0 Å². The zero-order chi connectivity index (χ0) is 13.9. The fourth-order valence-corrected chi connectivity index (χ4v) is 1.69. The molecule has 3 N–H and O–H groups in total. The van der Waals surface area contributed by atoms with E-state index in [9.17, 15) is 5.11 Å². The van der Waals surface area contributed by atoms with Gasteiger partial charge in [0, 0.05) is 12.2 Å². The van der Waals surface area contributed by atoms with Crippen LogP contribution in [-0.2, 0) is 0 Å². The lowest BCUT2D eigenvalue weighted by atomic mass is 10.2. The normalized spacial score (nSPS) is 12.2. The number of aliphatic hydroxyl groups is 2. The van der Waals surface area contributed by atoms with Gasteiger partial charge in [-0.3, -0.25) is 0 Å². The molecule has 1 rings (SSSR count). The minimum Gasteiger partial charge on any atom is -0.494 e. The Morgan fingerprint density at radius 3 is 2.53 bits per heavy atom. The fourth-order valence-electron chi connectivity index (χ4n) is 1.69. The third-order valence-corrected chi connectivity index (χ3v) is 2.87. The van der Waals surface area contributed by atoms with E-state index in [1.165, 1.54) is 19.3 Å². The number of benzene rings is 1. The Hall–Kier alpha value is -1.26. The summed E-state index contributed by atoms with van der Waals surface area (Å²) in [6.45, 7) is 3.07. The molecule has 1 aromatic rings. The number of ether oxygens (including phenoxy) is 1. The molecular weight excluding hydrogens is 242 g/mol. The van der Waals surface area contributed by atoms with Crippen LogP contribution in [0.2, 0.25) is 0 Å². The van der Waals surface area contributed by atoms with Crippen LogP contribution >= 0.6 is 0 Å². The average molecular weight is 267 g/mol. The zero-order valence-electron chi connectivity index (χ0n) is 11.6. The lowest BCUT2D eigenvalue weighted by Gasteiger charge is -2.11. The van der Waals surface area contributed by atoms with Crippen molar-refractivity contribution in [2.75, 3.05) is 25.1 Å². The zero-order valence-corrected chi connectivity index (χ0v) is 11.6. The fraction of sp³-hybridized carbons (Fsp3) is 0.600. The molecule has 0 fully saturated rings. The quantitative estimate of drug-likeness (QED) is 0.570. The van der Waals surface area contributed by atoms with E-state index < -0.39 is 6.10 Å². The Labute approximate surface area is 115 Å². The van der Waals surface area contributed by atoms with Gasteiger partial charge in [-0.1, -0.05) is 26.2 Å². The topological polar surface area (TPSA) is 61.7 Å². The van der Waals surface area contributed by atoms with E-state index in [2.05, 4.69) is 12.2 Å². The average Bonchev–Trinajstić information content (AvgIpc) is 2.45. The molecule has 0 bridgehead atoms. The molecule has 0 aliphatic heterocycles. The Kier molecular flexibility index (Phi) is 8.02. The first kappa shape index (κ1) is 15.8. The number of aliphatic hydroxyl groups excluding tert-OH is 2. The molecule has 0 aliphatic carbocycles. The van der Waals surface area contributed by atoms with Crippen molar-refractivity contribution in [3.8, 4) is 5.75 Å². The summed E-state index contributed by atoms with van der Waals surface area (Å²) in [5.41, 5.74) is 0.908. The van der Waals surface area contributed by atoms with Crippen LogP contribution in [0.4, 0.5) is 5.69 Å². The molecule has 108 valence electrons. The highest BCUT2D eigenvalue weighted by Gasteiger charge is 2.01. The van der Waals surface area contributed by atoms with E-state index in [0.717, 1.165) is 24.5 Å². The Balaban J connectivity index is 2.23. The van der Waals surface area contributed by atoms with Gasteiger partial charge in [0.2, 0.25) is 0 Å². The molecule has 1 aromatic carbocycles. The van der Waals surface area contributed by atoms with Crippen molar-refractivity contribution >= 4 is 5.69 Å². The van der Waals surface area contributed by atoms with Crippen molar-refractivity contribution in [2.45, 2.75) is 38.7 Å². The summed E-state index contributed by atoms with van der Waals surface area (Å²) >= 11 is 0. The van der Waals surface area contributed by atoms with Crippen LogP contribution in [0.5, 0.6) is 5.75 Å². The second-order valence-electron chi connectivity index (χ2n) is 4.65. The molecule has 0 spiro atoms. The van der Waals surface area contributed by atoms with Crippen LogP contribution in [-0.4, -0.2) is 36.1 Å².